The number of carbonyl (C=O) groups is 1. The van der Waals surface area contributed by atoms with Gasteiger partial charge in [-0.25, -0.2) is 0 Å². The lowest BCUT2D eigenvalue weighted by atomic mass is 9.91. The van der Waals surface area contributed by atoms with Crippen LogP contribution in [-0.4, -0.2) is 49.7 Å². The molecule has 1 aliphatic heterocycles. The highest BCUT2D eigenvalue weighted by molar-refractivity contribution is 5.85. The van der Waals surface area contributed by atoms with E-state index in [-0.39, 0.29) is 11.6 Å². The van der Waals surface area contributed by atoms with Crippen molar-refractivity contribution in [2.75, 3.05) is 38.6 Å². The normalized spacial score (nSPS) is 16.2. The number of hydrogen-bond acceptors (Lipinski definition) is 6. The van der Waals surface area contributed by atoms with Crippen LogP contribution in [0.5, 0.6) is 0 Å². The summed E-state index contributed by atoms with van der Waals surface area (Å²) in [6.45, 7) is 4.37. The first kappa shape index (κ1) is 19.1. The zero-order valence-electron chi connectivity index (χ0n) is 14.8. The van der Waals surface area contributed by atoms with Crippen LogP contribution in [-0.2, 0) is 9.53 Å². The fraction of sp³-hybridized carbons (Fsp3) is 0.588. The summed E-state index contributed by atoms with van der Waals surface area (Å²) >= 11 is 0. The molecule has 1 fully saturated rings. The minimum atomic E-state index is -0.742. The maximum absolute atomic E-state index is 12.4. The summed E-state index contributed by atoms with van der Waals surface area (Å²) in [7, 11) is 1.57. The van der Waals surface area contributed by atoms with Crippen molar-refractivity contribution in [3.63, 3.8) is 0 Å². The second kappa shape index (κ2) is 8.77. The second-order valence-electron chi connectivity index (χ2n) is 6.26. The summed E-state index contributed by atoms with van der Waals surface area (Å²) in [6, 6.07) is 5.08. The van der Waals surface area contributed by atoms with Gasteiger partial charge in [-0.1, -0.05) is 6.07 Å². The number of rotatable bonds is 8. The summed E-state index contributed by atoms with van der Waals surface area (Å²) in [5, 5.41) is 20.3. The van der Waals surface area contributed by atoms with E-state index >= 15 is 0 Å². The van der Waals surface area contributed by atoms with Gasteiger partial charge in [0.1, 0.15) is 11.3 Å². The third-order valence-corrected chi connectivity index (χ3v) is 4.52. The van der Waals surface area contributed by atoms with Crippen LogP contribution in [0.25, 0.3) is 0 Å². The van der Waals surface area contributed by atoms with Gasteiger partial charge < -0.3 is 20.7 Å². The lowest BCUT2D eigenvalue weighted by Crippen LogP contribution is -2.54. The number of aryl methyl sites for hydroxylation is 1. The predicted octanol–water partition coefficient (Wildman–Crippen LogP) is 1.59. The number of nitro benzene ring substituents is 1. The van der Waals surface area contributed by atoms with E-state index < -0.39 is 10.5 Å². The Morgan fingerprint density at radius 1 is 1.36 bits per heavy atom. The van der Waals surface area contributed by atoms with Crippen LogP contribution in [0.3, 0.4) is 0 Å². The molecular weight excluding hydrogens is 324 g/mol. The maximum Gasteiger partial charge on any atom is 0.292 e. The van der Waals surface area contributed by atoms with Crippen molar-refractivity contribution in [1.82, 2.24) is 10.6 Å². The molecule has 0 aliphatic carbocycles. The lowest BCUT2D eigenvalue weighted by Gasteiger charge is -2.34. The number of methoxy groups -OCH3 is 1. The molecule has 0 radical (unpaired) electrons. The van der Waals surface area contributed by atoms with Crippen LogP contribution in [0, 0.1) is 17.0 Å². The van der Waals surface area contributed by atoms with E-state index in [0.717, 1.165) is 18.7 Å². The maximum atomic E-state index is 12.4. The molecular formula is C17H26N4O4. The number of ether oxygens (including phenoxy) is 1. The number of nitrogens with one attached hydrogen (secondary N) is 3. The van der Waals surface area contributed by atoms with Gasteiger partial charge in [-0.3, -0.25) is 14.9 Å². The van der Waals surface area contributed by atoms with Gasteiger partial charge in [-0.2, -0.15) is 0 Å². The molecule has 1 saturated heterocycles. The molecule has 3 N–H and O–H groups in total. The quantitative estimate of drug-likeness (QED) is 0.373. The second-order valence-corrected chi connectivity index (χ2v) is 6.26. The van der Waals surface area contributed by atoms with Gasteiger partial charge in [-0.15, -0.1) is 0 Å². The first-order valence-corrected chi connectivity index (χ1v) is 8.51. The highest BCUT2D eigenvalue weighted by atomic mass is 16.6. The number of anilines is 1. The number of piperidine rings is 1. The molecule has 8 nitrogen and oxygen atoms in total. The van der Waals surface area contributed by atoms with Gasteiger partial charge in [0.15, 0.2) is 0 Å². The Hall–Kier alpha value is -2.19. The molecule has 8 heteroatoms. The summed E-state index contributed by atoms with van der Waals surface area (Å²) < 4.78 is 5.48. The van der Waals surface area contributed by atoms with Gasteiger partial charge in [0.05, 0.1) is 4.92 Å². The number of benzene rings is 1. The van der Waals surface area contributed by atoms with Gasteiger partial charge in [0.2, 0.25) is 0 Å². The third kappa shape index (κ3) is 4.90. The van der Waals surface area contributed by atoms with Crippen LogP contribution in [0.15, 0.2) is 18.2 Å². The van der Waals surface area contributed by atoms with Crippen molar-refractivity contribution >= 4 is 17.3 Å². The van der Waals surface area contributed by atoms with Crippen LogP contribution < -0.4 is 16.0 Å². The number of nitro groups is 1. The van der Waals surface area contributed by atoms with Crippen LogP contribution in [0.1, 0.15) is 24.8 Å². The summed E-state index contributed by atoms with van der Waals surface area (Å²) in [5.41, 5.74) is 0.663. The smallest absolute Gasteiger partial charge is 0.292 e. The molecule has 1 aromatic carbocycles. The van der Waals surface area contributed by atoms with Crippen LogP contribution >= 0.6 is 0 Å². The lowest BCUT2D eigenvalue weighted by molar-refractivity contribution is -0.384. The zero-order chi connectivity index (χ0) is 18.3. The summed E-state index contributed by atoms with van der Waals surface area (Å²) in [5.74, 6) is -0.0854. The fourth-order valence-electron chi connectivity index (χ4n) is 2.97. The monoisotopic (exact) mass is 350 g/mol. The molecule has 0 spiro atoms. The zero-order valence-corrected chi connectivity index (χ0v) is 14.8. The molecule has 138 valence electrons. The summed E-state index contributed by atoms with van der Waals surface area (Å²) in [4.78, 5) is 23.1. The van der Waals surface area contributed by atoms with Gasteiger partial charge in [0.25, 0.3) is 11.6 Å². The summed E-state index contributed by atoms with van der Waals surface area (Å²) in [6.07, 6.45) is 1.97. The molecule has 25 heavy (non-hydrogen) atoms. The van der Waals surface area contributed by atoms with Crippen molar-refractivity contribution in [3.8, 4) is 0 Å². The van der Waals surface area contributed by atoms with Gasteiger partial charge in [0, 0.05) is 26.3 Å². The fourth-order valence-corrected chi connectivity index (χ4v) is 2.97. The average molecular weight is 350 g/mol. The van der Waals surface area contributed by atoms with Crippen molar-refractivity contribution in [2.24, 2.45) is 0 Å². The molecule has 1 aromatic rings. The Morgan fingerprint density at radius 2 is 2.08 bits per heavy atom. The number of nitrogens with zero attached hydrogens (tertiary/aromatic N) is 1. The molecule has 0 aromatic heterocycles. The molecule has 0 atom stereocenters. The molecule has 0 saturated carbocycles. The SMILES string of the molecule is COC1(C(=O)NCCCNc2ccc(C)cc2[N+](=O)[O-])CCNCC1. The Morgan fingerprint density at radius 3 is 2.72 bits per heavy atom. The standard InChI is InChI=1S/C17H26N4O4/c1-13-4-5-14(15(12-13)21(23)24)19-8-3-9-20-16(22)17(25-2)6-10-18-11-7-17/h4-5,12,18-19H,3,6-11H2,1-2H3,(H,20,22). The molecule has 0 unspecified atom stereocenters. The van der Waals surface area contributed by atoms with E-state index in [1.807, 2.05) is 13.0 Å². The molecule has 0 bridgehead atoms. The Labute approximate surface area is 147 Å². The number of hydrogen-bond donors (Lipinski definition) is 3. The highest BCUT2D eigenvalue weighted by Gasteiger charge is 2.39. The van der Waals surface area contributed by atoms with Crippen molar-refractivity contribution in [1.29, 1.82) is 0 Å². The molecule has 1 aliphatic rings. The Bertz CT molecular complexity index is 615. The van der Waals surface area contributed by atoms with Crippen molar-refractivity contribution < 1.29 is 14.5 Å². The van der Waals surface area contributed by atoms with E-state index in [9.17, 15) is 14.9 Å². The molecule has 1 amide bonds. The van der Waals surface area contributed by atoms with E-state index in [1.54, 1.807) is 19.2 Å². The van der Waals surface area contributed by atoms with Gasteiger partial charge >= 0.3 is 0 Å². The number of carbonyl (C=O) groups excluding carboxylic acids is 1. The number of amides is 1. The first-order chi connectivity index (χ1) is 12.0. The van der Waals surface area contributed by atoms with Crippen molar-refractivity contribution in [2.45, 2.75) is 31.8 Å². The van der Waals surface area contributed by atoms with E-state index in [1.165, 1.54) is 0 Å². The Kier molecular flexibility index (Phi) is 6.72. The third-order valence-electron chi connectivity index (χ3n) is 4.52. The van der Waals surface area contributed by atoms with Crippen molar-refractivity contribution in [3.05, 3.63) is 33.9 Å². The highest BCUT2D eigenvalue weighted by Crippen LogP contribution is 2.25. The first-order valence-electron chi connectivity index (χ1n) is 8.51. The van der Waals surface area contributed by atoms with E-state index in [0.29, 0.717) is 38.0 Å². The topological polar surface area (TPSA) is 106 Å². The van der Waals surface area contributed by atoms with E-state index in [4.69, 9.17) is 4.74 Å². The van der Waals surface area contributed by atoms with Gasteiger partial charge in [-0.05, 0) is 50.9 Å². The van der Waals surface area contributed by atoms with E-state index in [2.05, 4.69) is 16.0 Å². The Balaban J connectivity index is 1.78. The largest absolute Gasteiger partial charge is 0.379 e. The molecule has 2 rings (SSSR count). The predicted molar refractivity (Wildman–Crippen MR) is 95.8 cm³/mol. The minimum absolute atomic E-state index is 0.0667. The molecule has 1 heterocycles. The van der Waals surface area contributed by atoms with Crippen LogP contribution in [0.4, 0.5) is 11.4 Å². The average Bonchev–Trinajstić information content (AvgIpc) is 2.62. The van der Waals surface area contributed by atoms with Crippen LogP contribution in [0.2, 0.25) is 0 Å². The minimum Gasteiger partial charge on any atom is -0.379 e.